The maximum absolute atomic E-state index is 13.0. The fraction of sp³-hybridized carbons (Fsp3) is 0.833. The van der Waals surface area contributed by atoms with E-state index in [9.17, 15) is 18.0 Å². The number of carbonyl (C=O) groups is 1. The van der Waals surface area contributed by atoms with E-state index in [2.05, 4.69) is 20.1 Å². The van der Waals surface area contributed by atoms with Crippen molar-refractivity contribution in [2.24, 2.45) is 11.8 Å². The summed E-state index contributed by atoms with van der Waals surface area (Å²) in [6, 6.07) is 0. The molecule has 1 aromatic heterocycles. The zero-order chi connectivity index (χ0) is 19.0. The van der Waals surface area contributed by atoms with E-state index in [4.69, 9.17) is 0 Å². The van der Waals surface area contributed by atoms with Crippen LogP contribution in [-0.4, -0.2) is 51.4 Å². The fourth-order valence-electron chi connectivity index (χ4n) is 4.74. The number of nitrogens with zero attached hydrogens (tertiary/aromatic N) is 4. The zero-order valence-corrected chi connectivity index (χ0v) is 15.3. The maximum Gasteiger partial charge on any atom is 0.391 e. The number of fused-ring (bicyclic) bond motifs is 1. The van der Waals surface area contributed by atoms with Gasteiger partial charge in [-0.25, -0.2) is 0 Å². The summed E-state index contributed by atoms with van der Waals surface area (Å²) < 4.78 is 41.2. The SMILES string of the molecule is O=C(C1CCCC(C(F)(F)F)C1)N1CCC(c2nnc3n2CCNC3)CC1. The summed E-state index contributed by atoms with van der Waals surface area (Å²) in [5, 5.41) is 11.9. The van der Waals surface area contributed by atoms with Gasteiger partial charge in [-0.15, -0.1) is 10.2 Å². The third-order valence-corrected chi connectivity index (χ3v) is 6.31. The van der Waals surface area contributed by atoms with Gasteiger partial charge in [0.1, 0.15) is 11.6 Å². The molecule has 1 aliphatic carbocycles. The number of amides is 1. The van der Waals surface area contributed by atoms with E-state index in [1.807, 2.05) is 0 Å². The third kappa shape index (κ3) is 3.83. The van der Waals surface area contributed by atoms with E-state index >= 15 is 0 Å². The summed E-state index contributed by atoms with van der Waals surface area (Å²) in [6.45, 7) is 3.68. The predicted molar refractivity (Wildman–Crippen MR) is 91.8 cm³/mol. The van der Waals surface area contributed by atoms with Crippen LogP contribution in [0.15, 0.2) is 0 Å². The molecule has 6 nitrogen and oxygen atoms in total. The topological polar surface area (TPSA) is 63.1 Å². The van der Waals surface area contributed by atoms with Crippen molar-refractivity contribution < 1.29 is 18.0 Å². The summed E-state index contributed by atoms with van der Waals surface area (Å²) in [7, 11) is 0. The monoisotopic (exact) mass is 385 g/mol. The van der Waals surface area contributed by atoms with Crippen LogP contribution in [0, 0.1) is 11.8 Å². The average Bonchev–Trinajstić information content (AvgIpc) is 3.11. The number of halogens is 3. The van der Waals surface area contributed by atoms with Gasteiger partial charge in [0.25, 0.3) is 0 Å². The zero-order valence-electron chi connectivity index (χ0n) is 15.3. The molecule has 3 heterocycles. The Hall–Kier alpha value is -1.64. The number of carbonyl (C=O) groups excluding carboxylic acids is 1. The lowest BCUT2D eigenvalue weighted by Crippen LogP contribution is -2.44. The fourth-order valence-corrected chi connectivity index (χ4v) is 4.74. The van der Waals surface area contributed by atoms with Crippen LogP contribution in [0.3, 0.4) is 0 Å². The third-order valence-electron chi connectivity index (χ3n) is 6.31. The number of piperidine rings is 1. The molecule has 9 heteroatoms. The molecule has 2 fully saturated rings. The molecule has 1 N–H and O–H groups in total. The molecular formula is C18H26F3N5O. The highest BCUT2D eigenvalue weighted by molar-refractivity contribution is 5.79. The van der Waals surface area contributed by atoms with Gasteiger partial charge in [-0.3, -0.25) is 4.79 Å². The van der Waals surface area contributed by atoms with Gasteiger partial charge in [0.2, 0.25) is 5.91 Å². The molecule has 150 valence electrons. The quantitative estimate of drug-likeness (QED) is 0.850. The van der Waals surface area contributed by atoms with Crippen molar-refractivity contribution in [1.29, 1.82) is 0 Å². The van der Waals surface area contributed by atoms with E-state index in [0.717, 1.165) is 44.1 Å². The lowest BCUT2D eigenvalue weighted by atomic mass is 9.80. The van der Waals surface area contributed by atoms with Crippen LogP contribution in [0.2, 0.25) is 0 Å². The van der Waals surface area contributed by atoms with Crippen molar-refractivity contribution in [3.8, 4) is 0 Å². The first-order valence-corrected chi connectivity index (χ1v) is 9.91. The first kappa shape index (κ1) is 18.7. The largest absolute Gasteiger partial charge is 0.391 e. The normalized spacial score (nSPS) is 27.4. The van der Waals surface area contributed by atoms with Gasteiger partial charge in [-0.2, -0.15) is 13.2 Å². The minimum atomic E-state index is -4.19. The van der Waals surface area contributed by atoms with Crippen molar-refractivity contribution in [3.05, 3.63) is 11.6 Å². The van der Waals surface area contributed by atoms with Gasteiger partial charge in [-0.1, -0.05) is 6.42 Å². The molecule has 2 atom stereocenters. The van der Waals surface area contributed by atoms with E-state index in [0.29, 0.717) is 25.9 Å². The average molecular weight is 385 g/mol. The van der Waals surface area contributed by atoms with Gasteiger partial charge >= 0.3 is 6.18 Å². The van der Waals surface area contributed by atoms with Crippen LogP contribution in [-0.2, 0) is 17.9 Å². The Labute approximate surface area is 156 Å². The Morgan fingerprint density at radius 1 is 1.07 bits per heavy atom. The Bertz CT molecular complexity index is 681. The molecule has 27 heavy (non-hydrogen) atoms. The van der Waals surface area contributed by atoms with Gasteiger partial charge in [0.05, 0.1) is 12.5 Å². The van der Waals surface area contributed by atoms with Crippen LogP contribution >= 0.6 is 0 Å². The lowest BCUT2D eigenvalue weighted by molar-refractivity contribution is -0.187. The first-order valence-electron chi connectivity index (χ1n) is 9.91. The molecule has 0 radical (unpaired) electrons. The standard InChI is InChI=1S/C18H26F3N5O/c19-18(20,21)14-3-1-2-13(10-14)17(27)25-7-4-12(5-8-25)16-24-23-15-11-22-6-9-26(15)16/h12-14,22H,1-11H2. The molecular weight excluding hydrogens is 359 g/mol. The molecule has 1 aromatic rings. The number of aromatic nitrogens is 3. The minimum absolute atomic E-state index is 0.0487. The molecule has 3 aliphatic rings. The Morgan fingerprint density at radius 3 is 2.59 bits per heavy atom. The lowest BCUT2D eigenvalue weighted by Gasteiger charge is -2.37. The van der Waals surface area contributed by atoms with Gasteiger partial charge in [0, 0.05) is 38.0 Å². The molecule has 0 bridgehead atoms. The van der Waals surface area contributed by atoms with Crippen LogP contribution in [0.4, 0.5) is 13.2 Å². The van der Waals surface area contributed by atoms with E-state index < -0.39 is 18.0 Å². The maximum atomic E-state index is 13.0. The molecule has 2 unspecified atom stereocenters. The number of nitrogens with one attached hydrogen (secondary N) is 1. The molecule has 0 spiro atoms. The number of likely N-dealkylation sites (tertiary alicyclic amines) is 1. The van der Waals surface area contributed by atoms with Crippen molar-refractivity contribution in [3.63, 3.8) is 0 Å². The van der Waals surface area contributed by atoms with E-state index in [1.165, 1.54) is 0 Å². The van der Waals surface area contributed by atoms with Crippen molar-refractivity contribution in [2.75, 3.05) is 19.6 Å². The smallest absolute Gasteiger partial charge is 0.342 e. The Kier molecular flexibility index (Phi) is 5.13. The van der Waals surface area contributed by atoms with Crippen molar-refractivity contribution in [2.45, 2.75) is 63.7 Å². The summed E-state index contributed by atoms with van der Waals surface area (Å²) in [4.78, 5) is 14.5. The number of hydrogen-bond acceptors (Lipinski definition) is 4. The second kappa shape index (κ2) is 7.41. The predicted octanol–water partition coefficient (Wildman–Crippen LogP) is 2.46. The van der Waals surface area contributed by atoms with Gasteiger partial charge in [0.15, 0.2) is 0 Å². The summed E-state index contributed by atoms with van der Waals surface area (Å²) >= 11 is 0. The highest BCUT2D eigenvalue weighted by atomic mass is 19.4. The highest BCUT2D eigenvalue weighted by Gasteiger charge is 2.44. The van der Waals surface area contributed by atoms with Gasteiger partial charge in [-0.05, 0) is 32.1 Å². The van der Waals surface area contributed by atoms with Crippen LogP contribution in [0.25, 0.3) is 0 Å². The molecule has 4 rings (SSSR count). The van der Waals surface area contributed by atoms with Gasteiger partial charge < -0.3 is 14.8 Å². The number of hydrogen-bond donors (Lipinski definition) is 1. The summed E-state index contributed by atoms with van der Waals surface area (Å²) in [6.07, 6.45) is -1.42. The molecule has 1 saturated carbocycles. The van der Waals surface area contributed by atoms with Crippen LogP contribution in [0.1, 0.15) is 56.1 Å². The first-order chi connectivity index (χ1) is 12.9. The molecule has 1 saturated heterocycles. The highest BCUT2D eigenvalue weighted by Crippen LogP contribution is 2.41. The molecule has 2 aliphatic heterocycles. The van der Waals surface area contributed by atoms with E-state index in [1.54, 1.807) is 4.90 Å². The van der Waals surface area contributed by atoms with Crippen molar-refractivity contribution >= 4 is 5.91 Å². The number of rotatable bonds is 2. The Balaban J connectivity index is 1.35. The second-order valence-corrected chi connectivity index (χ2v) is 8.00. The van der Waals surface area contributed by atoms with Crippen molar-refractivity contribution in [1.82, 2.24) is 25.0 Å². The summed E-state index contributed by atoms with van der Waals surface area (Å²) in [5.41, 5.74) is 0. The molecule has 0 aromatic carbocycles. The van der Waals surface area contributed by atoms with Crippen LogP contribution < -0.4 is 5.32 Å². The second-order valence-electron chi connectivity index (χ2n) is 8.00. The van der Waals surface area contributed by atoms with E-state index in [-0.39, 0.29) is 24.7 Å². The van der Waals surface area contributed by atoms with Crippen LogP contribution in [0.5, 0.6) is 0 Å². The minimum Gasteiger partial charge on any atom is -0.342 e. The summed E-state index contributed by atoms with van der Waals surface area (Å²) in [5.74, 6) is 0.323. The molecule has 1 amide bonds. The number of alkyl halides is 3. The Morgan fingerprint density at radius 2 is 1.85 bits per heavy atom.